The van der Waals surface area contributed by atoms with E-state index in [-0.39, 0.29) is 0 Å². The summed E-state index contributed by atoms with van der Waals surface area (Å²) >= 11 is 1.84. The first-order valence-electron chi connectivity index (χ1n) is 6.11. The minimum atomic E-state index is 0.617. The molecule has 1 aromatic heterocycles. The molecule has 0 aromatic carbocycles. The minimum absolute atomic E-state index is 0.617. The van der Waals surface area contributed by atoms with Crippen LogP contribution in [-0.4, -0.2) is 27.9 Å². The molecule has 4 heteroatoms. The number of rotatable bonds is 8. The van der Waals surface area contributed by atoms with Gasteiger partial charge < -0.3 is 9.88 Å². The summed E-state index contributed by atoms with van der Waals surface area (Å²) in [7, 11) is 2.05. The molecule has 0 aliphatic carbocycles. The monoisotopic (exact) mass is 241 g/mol. The van der Waals surface area contributed by atoms with Gasteiger partial charge in [-0.2, -0.15) is 0 Å². The molecular weight excluding hydrogens is 218 g/mol. The number of thioether (sulfide) groups is 1. The van der Waals surface area contributed by atoms with Gasteiger partial charge in [0.15, 0.2) is 5.16 Å². The average molecular weight is 241 g/mol. The molecule has 0 bridgehead atoms. The number of hydrogen-bond donors (Lipinski definition) is 1. The van der Waals surface area contributed by atoms with E-state index in [2.05, 4.69) is 28.7 Å². The Labute approximate surface area is 103 Å². The van der Waals surface area contributed by atoms with E-state index < -0.39 is 0 Å². The standard InChI is InChI=1S/C12H23N3S/c1-4-6-11(13-7-5-2)10-16-12-14-8-9-15(12)3/h8-9,11,13H,4-7,10H2,1-3H3. The lowest BCUT2D eigenvalue weighted by molar-refractivity contribution is 0.514. The number of hydrogen-bond acceptors (Lipinski definition) is 3. The molecule has 1 unspecified atom stereocenters. The van der Waals surface area contributed by atoms with Gasteiger partial charge in [-0.1, -0.05) is 32.0 Å². The average Bonchev–Trinajstić information content (AvgIpc) is 2.68. The van der Waals surface area contributed by atoms with Gasteiger partial charge in [-0.3, -0.25) is 0 Å². The molecule has 0 aliphatic rings. The Hall–Kier alpha value is -0.480. The highest BCUT2D eigenvalue weighted by atomic mass is 32.2. The third-order valence-electron chi connectivity index (χ3n) is 2.51. The minimum Gasteiger partial charge on any atom is -0.329 e. The zero-order chi connectivity index (χ0) is 11.8. The second-order valence-corrected chi connectivity index (χ2v) is 5.06. The first-order valence-corrected chi connectivity index (χ1v) is 7.10. The van der Waals surface area contributed by atoms with Gasteiger partial charge in [0, 0.05) is 31.2 Å². The molecule has 0 saturated heterocycles. The molecule has 16 heavy (non-hydrogen) atoms. The van der Waals surface area contributed by atoms with Crippen molar-refractivity contribution in [2.24, 2.45) is 7.05 Å². The van der Waals surface area contributed by atoms with Crippen molar-refractivity contribution >= 4 is 11.8 Å². The van der Waals surface area contributed by atoms with E-state index in [1.54, 1.807) is 0 Å². The van der Waals surface area contributed by atoms with Gasteiger partial charge in [-0.25, -0.2) is 4.98 Å². The maximum atomic E-state index is 4.33. The van der Waals surface area contributed by atoms with Crippen molar-refractivity contribution in [3.8, 4) is 0 Å². The van der Waals surface area contributed by atoms with E-state index in [4.69, 9.17) is 0 Å². The number of aromatic nitrogens is 2. The molecule has 0 spiro atoms. The Morgan fingerprint density at radius 2 is 2.25 bits per heavy atom. The highest BCUT2D eigenvalue weighted by molar-refractivity contribution is 7.99. The lowest BCUT2D eigenvalue weighted by atomic mass is 10.2. The van der Waals surface area contributed by atoms with Crippen LogP contribution < -0.4 is 5.32 Å². The maximum absolute atomic E-state index is 4.33. The number of imidazole rings is 1. The van der Waals surface area contributed by atoms with Crippen LogP contribution in [0.2, 0.25) is 0 Å². The van der Waals surface area contributed by atoms with E-state index in [1.165, 1.54) is 19.3 Å². The molecule has 1 aromatic rings. The Bertz CT molecular complexity index is 286. The molecule has 0 saturated carbocycles. The molecule has 0 aliphatic heterocycles. The van der Waals surface area contributed by atoms with Gasteiger partial charge >= 0.3 is 0 Å². The van der Waals surface area contributed by atoms with Crippen molar-refractivity contribution in [2.75, 3.05) is 12.3 Å². The van der Waals surface area contributed by atoms with Gasteiger partial charge in [0.1, 0.15) is 0 Å². The molecule has 1 rings (SSSR count). The van der Waals surface area contributed by atoms with Crippen LogP contribution in [0.5, 0.6) is 0 Å². The summed E-state index contributed by atoms with van der Waals surface area (Å²) in [5, 5.41) is 4.70. The van der Waals surface area contributed by atoms with E-state index >= 15 is 0 Å². The molecule has 1 heterocycles. The number of nitrogens with zero attached hydrogens (tertiary/aromatic N) is 2. The lowest BCUT2D eigenvalue weighted by Crippen LogP contribution is -2.31. The van der Waals surface area contributed by atoms with Crippen LogP contribution in [0.15, 0.2) is 17.6 Å². The zero-order valence-electron chi connectivity index (χ0n) is 10.6. The van der Waals surface area contributed by atoms with Crippen molar-refractivity contribution in [3.05, 3.63) is 12.4 Å². The van der Waals surface area contributed by atoms with E-state index in [9.17, 15) is 0 Å². The highest BCUT2D eigenvalue weighted by Crippen LogP contribution is 2.17. The van der Waals surface area contributed by atoms with Crippen LogP contribution in [0.25, 0.3) is 0 Å². The topological polar surface area (TPSA) is 29.9 Å². The lowest BCUT2D eigenvalue weighted by Gasteiger charge is -2.16. The van der Waals surface area contributed by atoms with Crippen LogP contribution in [0.3, 0.4) is 0 Å². The summed E-state index contributed by atoms with van der Waals surface area (Å²) < 4.78 is 2.08. The van der Waals surface area contributed by atoms with E-state index in [0.717, 1.165) is 17.5 Å². The highest BCUT2D eigenvalue weighted by Gasteiger charge is 2.08. The molecule has 1 atom stereocenters. The number of aryl methyl sites for hydroxylation is 1. The molecule has 0 radical (unpaired) electrons. The van der Waals surface area contributed by atoms with Crippen LogP contribution in [0.1, 0.15) is 33.1 Å². The Morgan fingerprint density at radius 3 is 2.81 bits per heavy atom. The summed E-state index contributed by atoms with van der Waals surface area (Å²) in [6, 6.07) is 0.617. The summed E-state index contributed by atoms with van der Waals surface area (Å²) in [5.41, 5.74) is 0. The Kier molecular flexibility index (Phi) is 6.57. The molecule has 1 N–H and O–H groups in total. The second kappa shape index (κ2) is 7.74. The van der Waals surface area contributed by atoms with Crippen molar-refractivity contribution in [3.63, 3.8) is 0 Å². The van der Waals surface area contributed by atoms with Crippen molar-refractivity contribution in [2.45, 2.75) is 44.3 Å². The molecule has 0 fully saturated rings. The smallest absolute Gasteiger partial charge is 0.167 e. The first kappa shape index (κ1) is 13.6. The fourth-order valence-corrected chi connectivity index (χ4v) is 2.64. The largest absolute Gasteiger partial charge is 0.329 e. The van der Waals surface area contributed by atoms with Crippen LogP contribution in [0, 0.1) is 0 Å². The quantitative estimate of drug-likeness (QED) is 0.710. The number of nitrogens with one attached hydrogen (secondary N) is 1. The van der Waals surface area contributed by atoms with Crippen molar-refractivity contribution < 1.29 is 0 Å². The van der Waals surface area contributed by atoms with Gasteiger partial charge in [0.05, 0.1) is 0 Å². The third kappa shape index (κ3) is 4.58. The van der Waals surface area contributed by atoms with Gasteiger partial charge in [0.2, 0.25) is 0 Å². The van der Waals surface area contributed by atoms with Crippen molar-refractivity contribution in [1.82, 2.24) is 14.9 Å². The summed E-state index contributed by atoms with van der Waals surface area (Å²) in [6.45, 7) is 5.57. The van der Waals surface area contributed by atoms with Gasteiger partial charge in [-0.15, -0.1) is 0 Å². The Balaban J connectivity index is 2.34. The van der Waals surface area contributed by atoms with E-state index in [1.807, 2.05) is 31.2 Å². The van der Waals surface area contributed by atoms with Crippen molar-refractivity contribution in [1.29, 1.82) is 0 Å². The molecular formula is C12H23N3S. The van der Waals surface area contributed by atoms with Crippen LogP contribution in [-0.2, 0) is 7.05 Å². The third-order valence-corrected chi connectivity index (χ3v) is 3.73. The van der Waals surface area contributed by atoms with Gasteiger partial charge in [0.25, 0.3) is 0 Å². The van der Waals surface area contributed by atoms with Crippen LogP contribution in [0.4, 0.5) is 0 Å². The zero-order valence-corrected chi connectivity index (χ0v) is 11.4. The second-order valence-electron chi connectivity index (χ2n) is 4.07. The summed E-state index contributed by atoms with van der Waals surface area (Å²) in [4.78, 5) is 4.33. The molecule has 3 nitrogen and oxygen atoms in total. The fourth-order valence-electron chi connectivity index (χ4n) is 1.61. The normalized spacial score (nSPS) is 12.9. The first-order chi connectivity index (χ1) is 7.77. The summed E-state index contributed by atoms with van der Waals surface area (Å²) in [5.74, 6) is 1.11. The van der Waals surface area contributed by atoms with Gasteiger partial charge in [-0.05, 0) is 19.4 Å². The molecule has 92 valence electrons. The predicted octanol–water partition coefficient (Wildman–Crippen LogP) is 2.68. The fraction of sp³-hybridized carbons (Fsp3) is 0.750. The Morgan fingerprint density at radius 1 is 1.44 bits per heavy atom. The molecule has 0 amide bonds. The maximum Gasteiger partial charge on any atom is 0.167 e. The van der Waals surface area contributed by atoms with E-state index in [0.29, 0.717) is 6.04 Å². The SMILES string of the molecule is CCCNC(CCC)CSc1nccn1C. The predicted molar refractivity (Wildman–Crippen MR) is 70.9 cm³/mol. The van der Waals surface area contributed by atoms with Crippen LogP contribution >= 0.6 is 11.8 Å². The summed E-state index contributed by atoms with van der Waals surface area (Å²) in [6.07, 6.45) is 7.54.